The third kappa shape index (κ3) is 2.49. The van der Waals surface area contributed by atoms with Crippen LogP contribution in [-0.2, 0) is 0 Å². The highest BCUT2D eigenvalue weighted by molar-refractivity contribution is 9.10. The van der Waals surface area contributed by atoms with Gasteiger partial charge in [-0.15, -0.1) is 0 Å². The van der Waals surface area contributed by atoms with Gasteiger partial charge in [0.25, 0.3) is 5.69 Å². The van der Waals surface area contributed by atoms with Gasteiger partial charge in [0.2, 0.25) is 0 Å². The first-order valence-electron chi connectivity index (χ1n) is 8.45. The summed E-state index contributed by atoms with van der Waals surface area (Å²) in [4.78, 5) is 11.4. The highest BCUT2D eigenvalue weighted by Gasteiger charge is 2.42. The minimum atomic E-state index is -0.269. The van der Waals surface area contributed by atoms with Gasteiger partial charge in [-0.05, 0) is 54.5 Å². The van der Waals surface area contributed by atoms with Gasteiger partial charge in [0.1, 0.15) is 5.69 Å². The van der Waals surface area contributed by atoms with E-state index in [1.54, 1.807) is 6.07 Å². The Bertz CT molecular complexity index is 907. The number of nitro groups is 1. The third-order valence-electron chi connectivity index (χ3n) is 5.59. The van der Waals surface area contributed by atoms with Gasteiger partial charge in [0.15, 0.2) is 0 Å². The maximum atomic E-state index is 11.7. The quantitative estimate of drug-likeness (QED) is 0.395. The lowest BCUT2D eigenvalue weighted by Crippen LogP contribution is -2.30. The second-order valence-corrected chi connectivity index (χ2v) is 7.73. The minimum absolute atomic E-state index is 0.0453. The number of hydrogen-bond acceptors (Lipinski definition) is 3. The Morgan fingerprint density at radius 3 is 2.76 bits per heavy atom. The average molecular weight is 399 g/mol. The SMILES string of the molecule is Cc1cc([N+](=O)[O-])c2c(c1C)[C@@H]1C=CC[C@@H]1[C@@H](c1ccccc1Br)N2. The zero-order chi connectivity index (χ0) is 17.7. The summed E-state index contributed by atoms with van der Waals surface area (Å²) < 4.78 is 1.04. The van der Waals surface area contributed by atoms with Gasteiger partial charge >= 0.3 is 0 Å². The fraction of sp³-hybridized carbons (Fsp3) is 0.300. The van der Waals surface area contributed by atoms with E-state index in [0.717, 1.165) is 33.1 Å². The molecule has 1 heterocycles. The normalized spacial score (nSPS) is 23.7. The van der Waals surface area contributed by atoms with Gasteiger partial charge < -0.3 is 5.32 Å². The van der Waals surface area contributed by atoms with E-state index in [4.69, 9.17) is 0 Å². The zero-order valence-corrected chi connectivity index (χ0v) is 15.7. The highest BCUT2D eigenvalue weighted by atomic mass is 79.9. The molecule has 0 fully saturated rings. The Labute approximate surface area is 155 Å². The summed E-state index contributed by atoms with van der Waals surface area (Å²) >= 11 is 3.65. The number of nitro benzene ring substituents is 1. The lowest BCUT2D eigenvalue weighted by molar-refractivity contribution is -0.384. The summed E-state index contributed by atoms with van der Waals surface area (Å²) in [5, 5.41) is 15.2. The molecule has 3 atom stereocenters. The fourth-order valence-corrected chi connectivity index (χ4v) is 4.79. The van der Waals surface area contributed by atoms with Gasteiger partial charge in [-0.1, -0.05) is 46.3 Å². The monoisotopic (exact) mass is 398 g/mol. The first-order valence-corrected chi connectivity index (χ1v) is 9.24. The van der Waals surface area contributed by atoms with Gasteiger partial charge in [-0.3, -0.25) is 10.1 Å². The van der Waals surface area contributed by atoms with Crippen molar-refractivity contribution in [2.75, 3.05) is 5.32 Å². The molecule has 0 bridgehead atoms. The number of anilines is 1. The van der Waals surface area contributed by atoms with Crippen LogP contribution in [0.4, 0.5) is 11.4 Å². The highest BCUT2D eigenvalue weighted by Crippen LogP contribution is 2.54. The van der Waals surface area contributed by atoms with Crippen LogP contribution in [-0.4, -0.2) is 4.92 Å². The molecule has 1 N–H and O–H groups in total. The van der Waals surface area contributed by atoms with Crippen LogP contribution in [0.5, 0.6) is 0 Å². The van der Waals surface area contributed by atoms with Crippen molar-refractivity contribution >= 4 is 27.3 Å². The molecule has 0 unspecified atom stereocenters. The molecule has 128 valence electrons. The Hall–Kier alpha value is -2.14. The number of halogens is 1. The summed E-state index contributed by atoms with van der Waals surface area (Å²) in [6.45, 7) is 4.03. The van der Waals surface area contributed by atoms with Gasteiger partial charge in [0.05, 0.1) is 11.0 Å². The number of benzene rings is 2. The molecule has 2 aromatic rings. The third-order valence-corrected chi connectivity index (χ3v) is 6.31. The molecule has 0 saturated heterocycles. The van der Waals surface area contributed by atoms with Gasteiger partial charge in [-0.2, -0.15) is 0 Å². The van der Waals surface area contributed by atoms with E-state index in [9.17, 15) is 10.1 Å². The van der Waals surface area contributed by atoms with Crippen molar-refractivity contribution in [1.82, 2.24) is 0 Å². The summed E-state index contributed by atoms with van der Waals surface area (Å²) in [5.41, 5.74) is 5.23. The van der Waals surface area contributed by atoms with E-state index in [1.165, 1.54) is 0 Å². The van der Waals surface area contributed by atoms with E-state index >= 15 is 0 Å². The van der Waals surface area contributed by atoms with Crippen LogP contribution in [0.15, 0.2) is 47.0 Å². The van der Waals surface area contributed by atoms with E-state index in [-0.39, 0.29) is 22.6 Å². The fourth-order valence-electron chi connectivity index (χ4n) is 4.26. The van der Waals surface area contributed by atoms with Crippen LogP contribution < -0.4 is 5.32 Å². The lowest BCUT2D eigenvalue weighted by Gasteiger charge is -2.38. The predicted molar refractivity (Wildman–Crippen MR) is 103 cm³/mol. The van der Waals surface area contributed by atoms with Crippen LogP contribution >= 0.6 is 15.9 Å². The first kappa shape index (κ1) is 16.3. The lowest BCUT2D eigenvalue weighted by atomic mass is 9.74. The van der Waals surface area contributed by atoms with E-state index in [1.807, 2.05) is 25.1 Å². The number of rotatable bonds is 2. The number of nitrogens with zero attached hydrogens (tertiary/aromatic N) is 1. The summed E-state index contributed by atoms with van der Waals surface area (Å²) in [7, 11) is 0. The van der Waals surface area contributed by atoms with Crippen LogP contribution in [0.25, 0.3) is 0 Å². The maximum Gasteiger partial charge on any atom is 0.292 e. The molecule has 1 aliphatic heterocycles. The van der Waals surface area contributed by atoms with Crippen LogP contribution in [0.3, 0.4) is 0 Å². The van der Waals surface area contributed by atoms with Crippen molar-refractivity contribution in [3.8, 4) is 0 Å². The molecule has 2 aromatic carbocycles. The second-order valence-electron chi connectivity index (χ2n) is 6.88. The molecule has 4 nitrogen and oxygen atoms in total. The maximum absolute atomic E-state index is 11.7. The number of allylic oxidation sites excluding steroid dienone is 2. The topological polar surface area (TPSA) is 55.2 Å². The number of nitrogens with one attached hydrogen (secondary N) is 1. The van der Waals surface area contributed by atoms with Crippen molar-refractivity contribution in [1.29, 1.82) is 0 Å². The summed E-state index contributed by atoms with van der Waals surface area (Å²) in [5.74, 6) is 0.582. The Balaban J connectivity index is 1.94. The van der Waals surface area contributed by atoms with Crippen molar-refractivity contribution in [3.05, 3.63) is 79.3 Å². The standard InChI is InChI=1S/C20H19BrN2O2/c1-11-10-17(23(24)25)20-18(12(11)2)13-7-5-8-14(13)19(22-20)15-6-3-4-9-16(15)21/h3-7,9-10,13-14,19,22H,8H2,1-2H3/t13-,14+,19+/m1/s1. The van der Waals surface area contributed by atoms with E-state index in [0.29, 0.717) is 11.6 Å². The molecule has 2 aliphatic rings. The molecule has 4 rings (SSSR count). The predicted octanol–water partition coefficient (Wildman–Crippen LogP) is 5.80. The van der Waals surface area contributed by atoms with Crippen molar-refractivity contribution in [2.24, 2.45) is 5.92 Å². The average Bonchev–Trinajstić information content (AvgIpc) is 3.07. The second kappa shape index (κ2) is 5.99. The van der Waals surface area contributed by atoms with Gasteiger partial charge in [-0.25, -0.2) is 0 Å². The molecule has 0 amide bonds. The number of hydrogen-bond donors (Lipinski definition) is 1. The molecular formula is C20H19BrN2O2. The summed E-state index contributed by atoms with van der Waals surface area (Å²) in [6, 6.07) is 9.86. The Morgan fingerprint density at radius 1 is 1.28 bits per heavy atom. The molecule has 25 heavy (non-hydrogen) atoms. The summed E-state index contributed by atoms with van der Waals surface area (Å²) in [6.07, 6.45) is 5.41. The number of aryl methyl sites for hydroxylation is 1. The Kier molecular flexibility index (Phi) is 3.91. The molecule has 1 aliphatic carbocycles. The van der Waals surface area contributed by atoms with Crippen molar-refractivity contribution in [2.45, 2.75) is 32.2 Å². The zero-order valence-electron chi connectivity index (χ0n) is 14.1. The van der Waals surface area contributed by atoms with Crippen LogP contribution in [0, 0.1) is 29.9 Å². The smallest absolute Gasteiger partial charge is 0.292 e. The van der Waals surface area contributed by atoms with Crippen LogP contribution in [0.1, 0.15) is 40.6 Å². The first-order chi connectivity index (χ1) is 12.0. The molecular weight excluding hydrogens is 380 g/mol. The number of fused-ring (bicyclic) bond motifs is 3. The minimum Gasteiger partial charge on any atom is -0.372 e. The van der Waals surface area contributed by atoms with Gasteiger partial charge in [0, 0.05) is 16.5 Å². The van der Waals surface area contributed by atoms with Crippen molar-refractivity contribution < 1.29 is 4.92 Å². The van der Waals surface area contributed by atoms with E-state index < -0.39 is 0 Å². The van der Waals surface area contributed by atoms with Crippen molar-refractivity contribution in [3.63, 3.8) is 0 Å². The molecule has 0 aromatic heterocycles. The Morgan fingerprint density at radius 2 is 2.04 bits per heavy atom. The molecule has 0 saturated carbocycles. The largest absolute Gasteiger partial charge is 0.372 e. The molecule has 0 spiro atoms. The molecule has 0 radical (unpaired) electrons. The molecule has 5 heteroatoms. The van der Waals surface area contributed by atoms with E-state index in [2.05, 4.69) is 46.4 Å². The van der Waals surface area contributed by atoms with Crippen LogP contribution in [0.2, 0.25) is 0 Å².